The van der Waals surface area contributed by atoms with Crippen LogP contribution in [-0.2, 0) is 34.6 Å². The van der Waals surface area contributed by atoms with Gasteiger partial charge in [0.05, 0.1) is 50.3 Å². The Bertz CT molecular complexity index is 1260. The van der Waals surface area contributed by atoms with Crippen molar-refractivity contribution < 1.29 is 19.0 Å². The third kappa shape index (κ3) is 6.32. The first-order valence-corrected chi connectivity index (χ1v) is 12.3. The van der Waals surface area contributed by atoms with Crippen molar-refractivity contribution in [1.82, 2.24) is 4.57 Å². The van der Waals surface area contributed by atoms with Crippen molar-refractivity contribution in [3.63, 3.8) is 0 Å². The summed E-state index contributed by atoms with van der Waals surface area (Å²) in [6.07, 6.45) is -0.754. The Kier molecular flexibility index (Phi) is 8.41. The zero-order valence-electron chi connectivity index (χ0n) is 21.2. The summed E-state index contributed by atoms with van der Waals surface area (Å²) in [4.78, 5) is 0. The van der Waals surface area contributed by atoms with Gasteiger partial charge in [0.1, 0.15) is 5.82 Å². The van der Waals surface area contributed by atoms with Crippen molar-refractivity contribution >= 4 is 16.6 Å². The fourth-order valence-electron chi connectivity index (χ4n) is 4.46. The molecule has 0 aliphatic heterocycles. The second kappa shape index (κ2) is 11.7. The third-order valence-corrected chi connectivity index (χ3v) is 6.34. The number of ether oxygens (including phenoxy) is 2. The monoisotopic (exact) mass is 490 g/mol. The molecule has 1 heterocycles. The fraction of sp³-hybridized carbons (Fsp3) is 0.333. The van der Waals surface area contributed by atoms with Crippen LogP contribution in [0.4, 0.5) is 10.1 Å². The van der Waals surface area contributed by atoms with Crippen molar-refractivity contribution in [2.75, 3.05) is 25.6 Å². The second-order valence-corrected chi connectivity index (χ2v) is 9.80. The molecule has 0 spiro atoms. The highest BCUT2D eigenvalue weighted by molar-refractivity contribution is 5.85. The van der Waals surface area contributed by atoms with Gasteiger partial charge in [-0.1, -0.05) is 74.5 Å². The van der Waals surface area contributed by atoms with E-state index in [1.807, 2.05) is 71.3 Å². The lowest BCUT2D eigenvalue weighted by molar-refractivity contribution is 0.0195. The quantitative estimate of drug-likeness (QED) is 0.260. The molecule has 4 aromatic rings. The van der Waals surface area contributed by atoms with Crippen LogP contribution in [0.5, 0.6) is 0 Å². The first-order valence-electron chi connectivity index (χ1n) is 12.3. The number of fused-ring (bicyclic) bond motifs is 1. The standard InChI is InChI=1S/C30H35FN2O3/c1-30(2,21-36-19-23-12-8-5-9-13-23)29-15-24-14-27(32-3)26(31)16-28(24)33(29)17-25(34)20-35-18-22-10-6-4-7-11-22/h4-16,25,32,34H,17-21H2,1-3H3/t25-/m1/s1. The molecule has 0 amide bonds. The maximum atomic E-state index is 14.7. The van der Waals surface area contributed by atoms with Crippen molar-refractivity contribution in [3.8, 4) is 0 Å². The molecule has 1 aromatic heterocycles. The molecule has 190 valence electrons. The molecular weight excluding hydrogens is 455 g/mol. The maximum absolute atomic E-state index is 14.7. The van der Waals surface area contributed by atoms with Crippen LogP contribution in [0.2, 0.25) is 0 Å². The molecule has 0 aliphatic rings. The van der Waals surface area contributed by atoms with Gasteiger partial charge in [-0.25, -0.2) is 4.39 Å². The van der Waals surface area contributed by atoms with Gasteiger partial charge in [0.2, 0.25) is 0 Å². The Morgan fingerprint density at radius 1 is 0.917 bits per heavy atom. The predicted octanol–water partition coefficient (Wildman–Crippen LogP) is 5.89. The molecule has 5 nitrogen and oxygen atoms in total. The summed E-state index contributed by atoms with van der Waals surface area (Å²) in [5, 5.41) is 14.7. The SMILES string of the molecule is CNc1cc2cc(C(C)(C)COCc3ccccc3)n(C[C@@H](O)COCc3ccccc3)c2cc1F. The van der Waals surface area contributed by atoms with Gasteiger partial charge >= 0.3 is 0 Å². The summed E-state index contributed by atoms with van der Waals surface area (Å²) in [5.74, 6) is -0.330. The zero-order valence-corrected chi connectivity index (χ0v) is 21.2. The third-order valence-electron chi connectivity index (χ3n) is 6.34. The van der Waals surface area contributed by atoms with Crippen molar-refractivity contribution in [1.29, 1.82) is 0 Å². The summed E-state index contributed by atoms with van der Waals surface area (Å²) in [7, 11) is 1.71. The number of anilines is 1. The Morgan fingerprint density at radius 3 is 2.14 bits per heavy atom. The van der Waals surface area contributed by atoms with E-state index in [1.165, 1.54) is 6.07 Å². The fourth-order valence-corrected chi connectivity index (χ4v) is 4.46. The van der Waals surface area contributed by atoms with E-state index < -0.39 is 6.10 Å². The number of aromatic nitrogens is 1. The van der Waals surface area contributed by atoms with Crippen molar-refractivity contribution in [2.24, 2.45) is 0 Å². The number of halogens is 1. The highest BCUT2D eigenvalue weighted by atomic mass is 19.1. The number of aliphatic hydroxyl groups excluding tert-OH is 1. The lowest BCUT2D eigenvalue weighted by Gasteiger charge is -2.28. The van der Waals surface area contributed by atoms with Gasteiger partial charge in [0.25, 0.3) is 0 Å². The molecule has 0 fully saturated rings. The molecule has 36 heavy (non-hydrogen) atoms. The normalized spacial score (nSPS) is 12.7. The van der Waals surface area contributed by atoms with Crippen LogP contribution in [0, 0.1) is 5.82 Å². The Balaban J connectivity index is 1.54. The van der Waals surface area contributed by atoms with E-state index in [2.05, 4.69) is 25.2 Å². The minimum Gasteiger partial charge on any atom is -0.389 e. The van der Waals surface area contributed by atoms with Crippen molar-refractivity contribution in [3.05, 3.63) is 102 Å². The van der Waals surface area contributed by atoms with Crippen LogP contribution >= 0.6 is 0 Å². The Hall–Kier alpha value is -3.19. The lowest BCUT2D eigenvalue weighted by Crippen LogP contribution is -2.30. The highest BCUT2D eigenvalue weighted by Gasteiger charge is 2.28. The first-order chi connectivity index (χ1) is 17.4. The van der Waals surface area contributed by atoms with Crippen LogP contribution in [0.15, 0.2) is 78.9 Å². The van der Waals surface area contributed by atoms with Gasteiger partial charge < -0.3 is 24.5 Å². The van der Waals surface area contributed by atoms with Gasteiger partial charge in [0.15, 0.2) is 0 Å². The number of nitrogens with zero attached hydrogens (tertiary/aromatic N) is 1. The topological polar surface area (TPSA) is 55.7 Å². The van der Waals surface area contributed by atoms with E-state index in [1.54, 1.807) is 7.05 Å². The minimum absolute atomic E-state index is 0.177. The minimum atomic E-state index is -0.754. The molecule has 3 aromatic carbocycles. The molecular formula is C30H35FN2O3. The van der Waals surface area contributed by atoms with E-state index in [0.717, 1.165) is 27.7 Å². The summed E-state index contributed by atoms with van der Waals surface area (Å²) in [6.45, 7) is 6.09. The summed E-state index contributed by atoms with van der Waals surface area (Å²) < 4.78 is 28.6. The van der Waals surface area contributed by atoms with E-state index in [9.17, 15) is 9.50 Å². The summed E-state index contributed by atoms with van der Waals surface area (Å²) in [6, 6.07) is 25.3. The number of hydrogen-bond donors (Lipinski definition) is 2. The maximum Gasteiger partial charge on any atom is 0.148 e. The van der Waals surface area contributed by atoms with Gasteiger partial charge in [-0.05, 0) is 23.3 Å². The van der Waals surface area contributed by atoms with Crippen LogP contribution in [0.1, 0.15) is 30.7 Å². The van der Waals surface area contributed by atoms with Gasteiger partial charge in [-0.3, -0.25) is 0 Å². The van der Waals surface area contributed by atoms with Gasteiger partial charge in [-0.15, -0.1) is 0 Å². The van der Waals surface area contributed by atoms with Crippen LogP contribution in [0.3, 0.4) is 0 Å². The molecule has 0 radical (unpaired) electrons. The van der Waals surface area contributed by atoms with Crippen molar-refractivity contribution in [2.45, 2.75) is 45.1 Å². The number of hydrogen-bond acceptors (Lipinski definition) is 4. The first kappa shape index (κ1) is 25.9. The van der Waals surface area contributed by atoms with E-state index in [-0.39, 0.29) is 24.4 Å². The predicted molar refractivity (Wildman–Crippen MR) is 143 cm³/mol. The molecule has 2 N–H and O–H groups in total. The Morgan fingerprint density at radius 2 is 1.53 bits per heavy atom. The molecule has 1 atom stereocenters. The van der Waals surface area contributed by atoms with Gasteiger partial charge in [-0.2, -0.15) is 0 Å². The molecule has 0 aliphatic carbocycles. The van der Waals surface area contributed by atoms with Crippen LogP contribution in [0.25, 0.3) is 10.9 Å². The van der Waals surface area contributed by atoms with E-state index in [0.29, 0.717) is 25.5 Å². The zero-order chi connectivity index (χ0) is 25.5. The average Bonchev–Trinajstić information content (AvgIpc) is 3.22. The smallest absolute Gasteiger partial charge is 0.148 e. The molecule has 0 bridgehead atoms. The highest BCUT2D eigenvalue weighted by Crippen LogP contribution is 2.33. The van der Waals surface area contributed by atoms with E-state index in [4.69, 9.17) is 9.47 Å². The number of rotatable bonds is 12. The number of nitrogens with one attached hydrogen (secondary N) is 1. The van der Waals surface area contributed by atoms with Crippen LogP contribution in [-0.4, -0.2) is 36.0 Å². The van der Waals surface area contributed by atoms with Gasteiger partial charge in [0, 0.05) is 29.6 Å². The lowest BCUT2D eigenvalue weighted by atomic mass is 9.90. The number of benzene rings is 3. The molecule has 0 saturated heterocycles. The van der Waals surface area contributed by atoms with E-state index >= 15 is 0 Å². The second-order valence-electron chi connectivity index (χ2n) is 9.80. The largest absolute Gasteiger partial charge is 0.389 e. The molecule has 6 heteroatoms. The average molecular weight is 491 g/mol. The molecule has 4 rings (SSSR count). The molecule has 0 saturated carbocycles. The van der Waals surface area contributed by atoms with Crippen LogP contribution < -0.4 is 5.32 Å². The summed E-state index contributed by atoms with van der Waals surface area (Å²) >= 11 is 0. The number of aliphatic hydroxyl groups is 1. The molecule has 0 unspecified atom stereocenters. The summed E-state index contributed by atoms with van der Waals surface area (Å²) in [5.41, 5.74) is 3.93. The Labute approximate surface area is 212 Å².